The molecule has 12 aliphatic rings. The number of carbonyl (C=O) groups excluding carboxylic acids is 8. The zero-order valence-corrected chi connectivity index (χ0v) is 71.4. The molecule has 0 heterocycles. The number of hydrogen-bond acceptors (Lipinski definition) is 16. The lowest BCUT2D eigenvalue weighted by Gasteiger charge is -2.60. The lowest BCUT2D eigenvalue weighted by Crippen LogP contribution is -2.59. The summed E-state index contributed by atoms with van der Waals surface area (Å²) in [7, 11) is 0. The van der Waals surface area contributed by atoms with Crippen molar-refractivity contribution in [3.63, 3.8) is 0 Å². The lowest BCUT2D eigenvalue weighted by molar-refractivity contribution is -0.207. The molecule has 0 amide bonds. The topological polar surface area (TPSA) is 210 Å². The van der Waals surface area contributed by atoms with Crippen molar-refractivity contribution < 1.29 is 76.3 Å². The Kier molecular flexibility index (Phi) is 37.6. The fourth-order valence-corrected chi connectivity index (χ4v) is 17.5. The summed E-state index contributed by atoms with van der Waals surface area (Å²) >= 11 is 0. The standard InChI is InChI=1S/C16H24O2.C15H22O2.C12H20O2.2C11H18O2.C10H16O2.C9H16O2.C8H14O2/c1-4-16(18-15(17)10(2)3)13-6-11-5-12(8-13)9-14(16)7-11;1-9(2)14(16)17-15(3)12-5-10-4-11(7-12)8-13(15)6-10;1-4-12(8-6-5-7-9-12)14-11(13)10(2)3;1-9(2)10(12)13-11(3)7-5-4-6-8-11;1-4-11(7-5-6-8-11)13-10(12)9(2)3;1-8(2)9(11)12-10(3)6-4-5-7-10;1-6-9(4,5)11-8(10)7(2)3;1-6(2)7(9)10-8(3,4)5/h11-14H,2,4-9H2,1,3H3;10-13H,1,4-8H2,2-3H3;2,4-9H2,1,3H3;1,4-8H2,2-3H3;2,4-8H2,1,3H3;1,4-7H2,2-3H3;2,6H2,1,3-5H3;1H2,2-5H3. The molecule has 0 aliphatic heterocycles. The molecule has 0 aromatic rings. The van der Waals surface area contributed by atoms with E-state index in [2.05, 4.69) is 80.3 Å². The van der Waals surface area contributed by atoms with Crippen LogP contribution in [0.4, 0.5) is 0 Å². The van der Waals surface area contributed by atoms with E-state index in [-0.39, 0.29) is 87.0 Å². The minimum absolute atomic E-state index is 0.163. The van der Waals surface area contributed by atoms with Crippen LogP contribution in [0.15, 0.2) is 97.2 Å². The van der Waals surface area contributed by atoms with E-state index in [1.165, 1.54) is 128 Å². The van der Waals surface area contributed by atoms with Gasteiger partial charge in [0.2, 0.25) is 0 Å². The van der Waals surface area contributed by atoms with Crippen molar-refractivity contribution in [1.82, 2.24) is 0 Å². The molecule has 12 fully saturated rings. The summed E-state index contributed by atoms with van der Waals surface area (Å²) in [4.78, 5) is 90.9. The summed E-state index contributed by atoms with van der Waals surface area (Å²) < 4.78 is 43.6. The highest BCUT2D eigenvalue weighted by Crippen LogP contribution is 2.62. The van der Waals surface area contributed by atoms with Crippen molar-refractivity contribution in [2.45, 2.75) is 389 Å². The summed E-state index contributed by atoms with van der Waals surface area (Å²) in [5, 5.41) is 0. The normalized spacial score (nSPS) is 26.8. The molecule has 0 aromatic carbocycles. The summed E-state index contributed by atoms with van der Waals surface area (Å²) in [6, 6.07) is 0. The van der Waals surface area contributed by atoms with Gasteiger partial charge in [0.1, 0.15) is 44.8 Å². The Morgan fingerprint density at radius 3 is 0.824 bits per heavy atom. The summed E-state index contributed by atoms with van der Waals surface area (Å²) in [5.41, 5.74) is 2.00. The molecule has 16 heteroatoms. The highest BCUT2D eigenvalue weighted by molar-refractivity contribution is 5.90. The second-order valence-corrected chi connectivity index (χ2v) is 36.2. The van der Waals surface area contributed by atoms with Gasteiger partial charge < -0.3 is 37.9 Å². The van der Waals surface area contributed by atoms with Crippen LogP contribution in [0, 0.1) is 47.3 Å². The highest BCUT2D eigenvalue weighted by Gasteiger charge is 2.59. The van der Waals surface area contributed by atoms with Gasteiger partial charge in [0.15, 0.2) is 0 Å². The van der Waals surface area contributed by atoms with E-state index in [1.54, 1.807) is 55.4 Å². The summed E-state index contributed by atoms with van der Waals surface area (Å²) in [6.07, 6.45) is 36.6. The molecular weight excluding hydrogens is 1360 g/mol. The van der Waals surface area contributed by atoms with Gasteiger partial charge in [-0.1, -0.05) is 93.2 Å². The Balaban J connectivity index is 0.000000323. The largest absolute Gasteiger partial charge is 0.457 e. The van der Waals surface area contributed by atoms with Gasteiger partial charge in [0.05, 0.1) is 0 Å². The Hall–Kier alpha value is -6.32. The van der Waals surface area contributed by atoms with E-state index >= 15 is 0 Å². The molecule has 0 N–H and O–H groups in total. The Morgan fingerprint density at radius 1 is 0.306 bits per heavy atom. The van der Waals surface area contributed by atoms with Crippen LogP contribution in [0.25, 0.3) is 0 Å². The van der Waals surface area contributed by atoms with Crippen LogP contribution in [0.5, 0.6) is 0 Å². The smallest absolute Gasteiger partial charge is 0.333 e. The van der Waals surface area contributed by atoms with Gasteiger partial charge in [-0.05, 0) is 351 Å². The van der Waals surface area contributed by atoms with Crippen molar-refractivity contribution in [3.8, 4) is 0 Å². The van der Waals surface area contributed by atoms with Crippen LogP contribution >= 0.6 is 0 Å². The molecule has 612 valence electrons. The molecule has 12 aliphatic carbocycles. The first-order valence-electron chi connectivity index (χ1n) is 41.1. The van der Waals surface area contributed by atoms with Crippen molar-refractivity contribution in [2.75, 3.05) is 0 Å². The molecule has 12 saturated carbocycles. The molecule has 16 nitrogen and oxygen atoms in total. The third kappa shape index (κ3) is 30.1. The monoisotopic (exact) mass is 1510 g/mol. The molecule has 0 spiro atoms. The van der Waals surface area contributed by atoms with Gasteiger partial charge in [-0.3, -0.25) is 0 Å². The molecule has 108 heavy (non-hydrogen) atoms. The van der Waals surface area contributed by atoms with E-state index in [0.29, 0.717) is 68.3 Å². The molecule has 8 bridgehead atoms. The van der Waals surface area contributed by atoms with Gasteiger partial charge in [-0.15, -0.1) is 0 Å². The van der Waals surface area contributed by atoms with E-state index in [9.17, 15) is 38.4 Å². The zero-order chi connectivity index (χ0) is 82.1. The third-order valence-electron chi connectivity index (χ3n) is 24.3. The Labute approximate surface area is 654 Å². The van der Waals surface area contributed by atoms with Gasteiger partial charge in [-0.25, -0.2) is 38.4 Å². The predicted molar refractivity (Wildman–Crippen MR) is 433 cm³/mol. The van der Waals surface area contributed by atoms with Crippen LogP contribution in [-0.2, 0) is 76.3 Å². The van der Waals surface area contributed by atoms with Gasteiger partial charge in [0, 0.05) is 44.6 Å². The second-order valence-electron chi connectivity index (χ2n) is 36.2. The molecule has 12 rings (SSSR count). The SMILES string of the molecule is C=C(C)C(=O)OC(C)(C)C.C=C(C)C(=O)OC(C)(C)CC.C=C(C)C(=O)OC1(C)C2CC3CC(C2)CC1C3.C=C(C)C(=O)OC1(C)CCCC1.C=C(C)C(=O)OC1(C)CCCCC1.C=C(C)C(=O)OC1(CC)C2CC3CC(C2)CC1C3.C=C(C)C(=O)OC1(CC)CCCC1.C=C(C)C(=O)OC1(CC)CCCCC1. The van der Waals surface area contributed by atoms with Crippen LogP contribution in [0.1, 0.15) is 344 Å². The van der Waals surface area contributed by atoms with Crippen LogP contribution < -0.4 is 0 Å². The number of ether oxygens (including phenoxy) is 8. The molecule has 0 radical (unpaired) electrons. The predicted octanol–water partition coefficient (Wildman–Crippen LogP) is 22.5. The van der Waals surface area contributed by atoms with Crippen molar-refractivity contribution >= 4 is 47.8 Å². The van der Waals surface area contributed by atoms with Gasteiger partial charge in [0.25, 0.3) is 0 Å². The molecule has 0 aromatic heterocycles. The minimum atomic E-state index is -0.407. The third-order valence-corrected chi connectivity index (χ3v) is 24.3. The Morgan fingerprint density at radius 2 is 0.556 bits per heavy atom. The van der Waals surface area contributed by atoms with Crippen molar-refractivity contribution in [3.05, 3.63) is 97.2 Å². The molecule has 0 unspecified atom stereocenters. The van der Waals surface area contributed by atoms with Crippen LogP contribution in [-0.4, -0.2) is 92.6 Å². The minimum Gasteiger partial charge on any atom is -0.457 e. The van der Waals surface area contributed by atoms with Gasteiger partial charge >= 0.3 is 47.8 Å². The molecule has 0 saturated heterocycles. The van der Waals surface area contributed by atoms with Crippen molar-refractivity contribution in [2.24, 2.45) is 47.3 Å². The first kappa shape index (κ1) is 95.9. The first-order chi connectivity index (χ1) is 50.0. The second kappa shape index (κ2) is 42.4. The molecular formula is C92H148O16. The fourth-order valence-electron chi connectivity index (χ4n) is 17.5. The maximum atomic E-state index is 12.0. The number of esters is 8. The van der Waals surface area contributed by atoms with E-state index in [0.717, 1.165) is 101 Å². The lowest BCUT2D eigenvalue weighted by atomic mass is 9.49. The van der Waals surface area contributed by atoms with Crippen molar-refractivity contribution in [1.29, 1.82) is 0 Å². The van der Waals surface area contributed by atoms with E-state index in [4.69, 9.17) is 37.9 Å². The number of carbonyl (C=O) groups is 8. The average Bonchev–Trinajstić information content (AvgIpc) is 0.973. The van der Waals surface area contributed by atoms with Crippen LogP contribution in [0.2, 0.25) is 0 Å². The van der Waals surface area contributed by atoms with E-state index in [1.807, 2.05) is 55.4 Å². The summed E-state index contributed by atoms with van der Waals surface area (Å²) in [5.74, 6) is 4.11. The highest BCUT2D eigenvalue weighted by atomic mass is 16.6. The van der Waals surface area contributed by atoms with Gasteiger partial charge in [-0.2, -0.15) is 0 Å². The summed E-state index contributed by atoms with van der Waals surface area (Å²) in [6.45, 7) is 66.0. The Bertz CT molecular complexity index is 3100. The fraction of sp³-hybridized carbons (Fsp3) is 0.739. The quantitative estimate of drug-likeness (QED) is 0.0668. The maximum Gasteiger partial charge on any atom is 0.333 e. The number of hydrogen-bond donors (Lipinski definition) is 0. The number of rotatable bonds is 19. The molecule has 0 atom stereocenters. The zero-order valence-electron chi connectivity index (χ0n) is 71.4. The average molecular weight is 1510 g/mol. The van der Waals surface area contributed by atoms with E-state index < -0.39 is 5.60 Å². The maximum absolute atomic E-state index is 12.0. The first-order valence-corrected chi connectivity index (χ1v) is 41.1. The van der Waals surface area contributed by atoms with Crippen LogP contribution in [0.3, 0.4) is 0 Å².